The van der Waals surface area contributed by atoms with Crippen LogP contribution in [0.25, 0.3) is 0 Å². The molecule has 0 unspecified atom stereocenters. The van der Waals surface area contributed by atoms with Gasteiger partial charge < -0.3 is 5.11 Å². The van der Waals surface area contributed by atoms with Gasteiger partial charge in [-0.25, -0.2) is 4.39 Å². The number of aryl methyl sites for hydroxylation is 1. The van der Waals surface area contributed by atoms with Gasteiger partial charge in [0.25, 0.3) is 0 Å². The van der Waals surface area contributed by atoms with Crippen molar-refractivity contribution < 1.29 is 9.50 Å². The van der Waals surface area contributed by atoms with Gasteiger partial charge in [0.2, 0.25) is 0 Å². The summed E-state index contributed by atoms with van der Waals surface area (Å²) < 4.78 is 13.4. The molecule has 1 aliphatic rings. The lowest BCUT2D eigenvalue weighted by molar-refractivity contribution is 0.210. The van der Waals surface area contributed by atoms with Crippen molar-refractivity contribution in [2.45, 2.75) is 26.2 Å². The van der Waals surface area contributed by atoms with Gasteiger partial charge in [0.1, 0.15) is 5.82 Å². The van der Waals surface area contributed by atoms with Crippen molar-refractivity contribution in [2.24, 2.45) is 5.41 Å². The van der Waals surface area contributed by atoms with Crippen LogP contribution in [-0.4, -0.2) is 11.7 Å². The van der Waals surface area contributed by atoms with Crippen molar-refractivity contribution in [1.29, 1.82) is 0 Å². The Labute approximate surface area is 83.6 Å². The molecule has 2 rings (SSSR count). The second-order valence-electron chi connectivity index (χ2n) is 4.43. The summed E-state index contributed by atoms with van der Waals surface area (Å²) in [7, 11) is 0. The fourth-order valence-electron chi connectivity index (χ4n) is 1.81. The number of rotatable bonds is 3. The standard InChI is InChI=1S/C12H15FO/c1-9-2-3-11(13)10(6-9)7-12(8-14)4-5-12/h2-3,6,14H,4-5,7-8H2,1H3. The van der Waals surface area contributed by atoms with Crippen LogP contribution in [0.4, 0.5) is 4.39 Å². The third-order valence-electron chi connectivity index (χ3n) is 3.06. The number of aliphatic hydroxyl groups excluding tert-OH is 1. The van der Waals surface area contributed by atoms with E-state index < -0.39 is 0 Å². The van der Waals surface area contributed by atoms with Crippen LogP contribution in [0.5, 0.6) is 0 Å². The van der Waals surface area contributed by atoms with Crippen LogP contribution in [-0.2, 0) is 6.42 Å². The summed E-state index contributed by atoms with van der Waals surface area (Å²) in [4.78, 5) is 0. The molecule has 0 atom stereocenters. The van der Waals surface area contributed by atoms with Crippen LogP contribution >= 0.6 is 0 Å². The summed E-state index contributed by atoms with van der Waals surface area (Å²) in [6.07, 6.45) is 2.73. The third-order valence-corrected chi connectivity index (χ3v) is 3.06. The van der Waals surface area contributed by atoms with Crippen molar-refractivity contribution >= 4 is 0 Å². The minimum atomic E-state index is -0.143. The summed E-state index contributed by atoms with van der Waals surface area (Å²) in [5.74, 6) is -0.143. The molecule has 0 spiro atoms. The van der Waals surface area contributed by atoms with Crippen molar-refractivity contribution in [1.82, 2.24) is 0 Å². The Morgan fingerprint density at radius 2 is 2.14 bits per heavy atom. The zero-order valence-corrected chi connectivity index (χ0v) is 8.39. The maximum Gasteiger partial charge on any atom is 0.126 e. The molecule has 0 radical (unpaired) electrons. The molecular formula is C12H15FO. The van der Waals surface area contributed by atoms with Crippen molar-refractivity contribution in [3.8, 4) is 0 Å². The van der Waals surface area contributed by atoms with Gasteiger partial charge in [-0.15, -0.1) is 0 Å². The van der Waals surface area contributed by atoms with Crippen LogP contribution < -0.4 is 0 Å². The highest BCUT2D eigenvalue weighted by atomic mass is 19.1. The van der Waals surface area contributed by atoms with E-state index in [1.807, 2.05) is 13.0 Å². The highest BCUT2D eigenvalue weighted by molar-refractivity contribution is 5.26. The number of aliphatic hydroxyl groups is 1. The first-order valence-electron chi connectivity index (χ1n) is 5.01. The molecule has 2 heteroatoms. The summed E-state index contributed by atoms with van der Waals surface area (Å²) >= 11 is 0. The molecule has 0 amide bonds. The molecule has 0 aliphatic heterocycles. The molecule has 1 aromatic rings. The minimum absolute atomic E-state index is 0.00532. The molecular weight excluding hydrogens is 179 g/mol. The molecule has 1 fully saturated rings. The van der Waals surface area contributed by atoms with Gasteiger partial charge in [0.05, 0.1) is 0 Å². The van der Waals surface area contributed by atoms with Crippen LogP contribution in [0, 0.1) is 18.2 Å². The Morgan fingerprint density at radius 3 is 2.71 bits per heavy atom. The number of benzene rings is 1. The molecule has 0 heterocycles. The van der Waals surface area contributed by atoms with Gasteiger partial charge in [-0.05, 0) is 43.2 Å². The van der Waals surface area contributed by atoms with E-state index in [0.717, 1.165) is 24.0 Å². The van der Waals surface area contributed by atoms with Crippen molar-refractivity contribution in [3.05, 3.63) is 35.1 Å². The van der Waals surface area contributed by atoms with Gasteiger partial charge in [-0.1, -0.05) is 17.7 Å². The lowest BCUT2D eigenvalue weighted by Gasteiger charge is -2.12. The zero-order valence-electron chi connectivity index (χ0n) is 8.39. The third kappa shape index (κ3) is 1.80. The summed E-state index contributed by atoms with van der Waals surface area (Å²) in [6.45, 7) is 2.14. The summed E-state index contributed by atoms with van der Waals surface area (Å²) in [5, 5.41) is 9.16. The molecule has 0 saturated heterocycles. The largest absolute Gasteiger partial charge is 0.396 e. The van der Waals surface area contributed by atoms with Crippen LogP contribution in [0.2, 0.25) is 0 Å². The van der Waals surface area contributed by atoms with Gasteiger partial charge in [-0.2, -0.15) is 0 Å². The first kappa shape index (κ1) is 9.66. The number of halogens is 1. The second-order valence-corrected chi connectivity index (χ2v) is 4.43. The Balaban J connectivity index is 2.20. The average molecular weight is 194 g/mol. The van der Waals surface area contributed by atoms with E-state index in [4.69, 9.17) is 5.11 Å². The quantitative estimate of drug-likeness (QED) is 0.783. The molecule has 14 heavy (non-hydrogen) atoms. The first-order chi connectivity index (χ1) is 6.65. The SMILES string of the molecule is Cc1ccc(F)c(CC2(CO)CC2)c1. The molecule has 0 bridgehead atoms. The van der Waals surface area contributed by atoms with Gasteiger partial charge >= 0.3 is 0 Å². The van der Waals surface area contributed by atoms with E-state index in [9.17, 15) is 4.39 Å². The van der Waals surface area contributed by atoms with Crippen LogP contribution in [0.3, 0.4) is 0 Å². The van der Waals surface area contributed by atoms with E-state index in [0.29, 0.717) is 6.42 Å². The number of hydrogen-bond acceptors (Lipinski definition) is 1. The van der Waals surface area contributed by atoms with E-state index in [2.05, 4.69) is 0 Å². The molecule has 1 aliphatic carbocycles. The summed E-state index contributed by atoms with van der Waals surface area (Å²) in [5.41, 5.74) is 1.82. The molecule has 76 valence electrons. The highest BCUT2D eigenvalue weighted by Gasteiger charge is 2.42. The predicted molar refractivity (Wildman–Crippen MR) is 53.6 cm³/mol. The topological polar surface area (TPSA) is 20.2 Å². The smallest absolute Gasteiger partial charge is 0.126 e. The Morgan fingerprint density at radius 1 is 1.43 bits per heavy atom. The Kier molecular flexibility index (Phi) is 2.31. The normalized spacial score (nSPS) is 18.2. The van der Waals surface area contributed by atoms with E-state index >= 15 is 0 Å². The first-order valence-corrected chi connectivity index (χ1v) is 5.01. The van der Waals surface area contributed by atoms with Gasteiger partial charge in [0, 0.05) is 6.61 Å². The highest BCUT2D eigenvalue weighted by Crippen LogP contribution is 2.48. The monoisotopic (exact) mass is 194 g/mol. The minimum Gasteiger partial charge on any atom is -0.396 e. The molecule has 1 nitrogen and oxygen atoms in total. The zero-order chi connectivity index (χ0) is 10.2. The average Bonchev–Trinajstić information content (AvgIpc) is 2.92. The van der Waals surface area contributed by atoms with Crippen LogP contribution in [0.15, 0.2) is 18.2 Å². The lowest BCUT2D eigenvalue weighted by Crippen LogP contribution is -2.11. The van der Waals surface area contributed by atoms with E-state index in [-0.39, 0.29) is 17.8 Å². The van der Waals surface area contributed by atoms with Crippen molar-refractivity contribution in [3.63, 3.8) is 0 Å². The summed E-state index contributed by atoms with van der Waals surface area (Å²) in [6, 6.07) is 5.17. The van der Waals surface area contributed by atoms with E-state index in [1.54, 1.807) is 6.07 Å². The molecule has 0 aromatic heterocycles. The maximum atomic E-state index is 13.4. The Bertz CT molecular complexity index is 342. The van der Waals surface area contributed by atoms with Crippen LogP contribution in [0.1, 0.15) is 24.0 Å². The second kappa shape index (κ2) is 3.35. The Hall–Kier alpha value is -0.890. The van der Waals surface area contributed by atoms with Gasteiger partial charge in [0.15, 0.2) is 0 Å². The fourth-order valence-corrected chi connectivity index (χ4v) is 1.81. The fraction of sp³-hybridized carbons (Fsp3) is 0.500. The maximum absolute atomic E-state index is 13.4. The van der Waals surface area contributed by atoms with Crippen molar-refractivity contribution in [2.75, 3.05) is 6.61 Å². The van der Waals surface area contributed by atoms with E-state index in [1.165, 1.54) is 6.07 Å². The van der Waals surface area contributed by atoms with Gasteiger partial charge in [-0.3, -0.25) is 0 Å². The number of hydrogen-bond donors (Lipinski definition) is 1. The lowest BCUT2D eigenvalue weighted by atomic mass is 9.96. The predicted octanol–water partition coefficient (Wildman–Crippen LogP) is 2.45. The molecule has 1 N–H and O–H groups in total. The molecule has 1 aromatic carbocycles. The molecule has 1 saturated carbocycles.